The molecule has 1 fully saturated rings. The average molecular weight is 302 g/mol. The molecule has 1 saturated heterocycles. The number of nitrogens with zero attached hydrogens (tertiary/aromatic N) is 5. The van der Waals surface area contributed by atoms with Crippen LogP contribution in [0.5, 0.6) is 0 Å². The molecule has 12 heteroatoms. The second-order valence-electron chi connectivity index (χ2n) is 3.80. The largest absolute Gasteiger partial charge is 0.376 e. The van der Waals surface area contributed by atoms with E-state index in [0.29, 0.717) is 13.1 Å². The van der Waals surface area contributed by atoms with Crippen LogP contribution in [-0.2, 0) is 0 Å². The number of hydrogen-bond donors (Lipinski definition) is 6. The number of nitrogens with two attached hydrogens (primary N) is 2. The van der Waals surface area contributed by atoms with E-state index in [-0.39, 0.29) is 44.1 Å². The van der Waals surface area contributed by atoms with Gasteiger partial charge in [-0.1, -0.05) is 0 Å². The lowest BCUT2D eigenvalue weighted by molar-refractivity contribution is 0.113. The van der Waals surface area contributed by atoms with Crippen LogP contribution in [0.25, 0.3) is 0 Å². The number of aliphatic hydroxyl groups is 3. The number of nitrogen functional groups attached to an aromatic ring is 2. The second-order valence-corrected chi connectivity index (χ2v) is 3.80. The van der Waals surface area contributed by atoms with E-state index in [1.807, 2.05) is 0 Å². The number of carbonyl (C=O) groups is 1. The Morgan fingerprint density at radius 2 is 1.48 bits per heavy atom. The maximum absolute atomic E-state index is 10.9. The molecule has 1 aliphatic heterocycles. The van der Waals surface area contributed by atoms with E-state index < -0.39 is 0 Å². The van der Waals surface area contributed by atoms with Crippen LogP contribution in [0.4, 0.5) is 22.6 Å². The number of nitrogens with one attached hydrogen (secondary N) is 1. The third-order valence-electron chi connectivity index (χ3n) is 2.43. The first-order chi connectivity index (χ1) is 10.0. The average Bonchev–Trinajstić information content (AvgIpc) is 2.79. The van der Waals surface area contributed by atoms with Gasteiger partial charge in [0.1, 0.15) is 20.2 Å². The molecule has 2 heterocycles. The van der Waals surface area contributed by atoms with Crippen molar-refractivity contribution in [3.63, 3.8) is 0 Å². The Balaban J connectivity index is 0.000000211. The van der Waals surface area contributed by atoms with Gasteiger partial charge >= 0.3 is 6.03 Å². The zero-order valence-electron chi connectivity index (χ0n) is 11.2. The van der Waals surface area contributed by atoms with Gasteiger partial charge in [-0.25, -0.2) is 4.79 Å². The fourth-order valence-electron chi connectivity index (χ4n) is 1.45. The minimum Gasteiger partial charge on any atom is -0.376 e. The van der Waals surface area contributed by atoms with Gasteiger partial charge in [0, 0.05) is 13.1 Å². The van der Waals surface area contributed by atoms with Crippen molar-refractivity contribution in [1.82, 2.24) is 24.8 Å². The Kier molecular flexibility index (Phi) is 6.32. The predicted octanol–water partition coefficient (Wildman–Crippen LogP) is -2.98. The van der Waals surface area contributed by atoms with Crippen LogP contribution < -0.4 is 16.8 Å². The van der Waals surface area contributed by atoms with Gasteiger partial charge in [0.05, 0.1) is 0 Å². The number of rotatable bonds is 4. The monoisotopic (exact) mass is 302 g/mol. The van der Waals surface area contributed by atoms with Crippen molar-refractivity contribution in [3.05, 3.63) is 0 Å². The summed E-state index contributed by atoms with van der Waals surface area (Å²) in [6, 6.07) is -0.301. The van der Waals surface area contributed by atoms with Crippen molar-refractivity contribution in [2.75, 3.05) is 50.1 Å². The molecule has 0 unspecified atom stereocenters. The first-order valence-electron chi connectivity index (χ1n) is 5.89. The number of hydrogen-bond acceptors (Lipinski definition) is 10. The van der Waals surface area contributed by atoms with Crippen LogP contribution in [-0.4, -0.2) is 79.4 Å². The molecule has 8 N–H and O–H groups in total. The van der Waals surface area contributed by atoms with Crippen LogP contribution >= 0.6 is 0 Å². The molecule has 0 spiro atoms. The summed E-state index contributed by atoms with van der Waals surface area (Å²) < 4.78 is 0. The van der Waals surface area contributed by atoms with Crippen molar-refractivity contribution >= 4 is 23.9 Å². The van der Waals surface area contributed by atoms with Gasteiger partial charge in [0.15, 0.2) is 0 Å². The summed E-state index contributed by atoms with van der Waals surface area (Å²) >= 11 is 0. The minimum atomic E-state index is -0.301. The summed E-state index contributed by atoms with van der Waals surface area (Å²) in [5, 5.41) is 27.9. The van der Waals surface area contributed by atoms with E-state index in [2.05, 4.69) is 20.3 Å². The lowest BCUT2D eigenvalue weighted by Crippen LogP contribution is -2.32. The number of urea groups is 1. The molecule has 1 aromatic rings. The molecule has 2 amide bonds. The third-order valence-corrected chi connectivity index (χ3v) is 2.43. The van der Waals surface area contributed by atoms with Crippen molar-refractivity contribution < 1.29 is 20.1 Å². The molecular formula is C9H18N8O4. The van der Waals surface area contributed by atoms with E-state index in [1.165, 1.54) is 9.80 Å². The van der Waals surface area contributed by atoms with Crippen molar-refractivity contribution in [2.45, 2.75) is 0 Å². The molecular weight excluding hydrogens is 284 g/mol. The predicted molar refractivity (Wildman–Crippen MR) is 72.3 cm³/mol. The van der Waals surface area contributed by atoms with Crippen molar-refractivity contribution in [1.29, 1.82) is 0 Å². The normalized spacial score (nSPS) is 14.0. The van der Waals surface area contributed by atoms with E-state index in [1.54, 1.807) is 0 Å². The zero-order valence-corrected chi connectivity index (χ0v) is 11.2. The van der Waals surface area contributed by atoms with Gasteiger partial charge in [-0.05, 0) is 0 Å². The van der Waals surface area contributed by atoms with Gasteiger partial charge in [-0.2, -0.15) is 15.0 Å². The van der Waals surface area contributed by atoms with Gasteiger partial charge in [0.2, 0.25) is 17.8 Å². The van der Waals surface area contributed by atoms with Gasteiger partial charge < -0.3 is 32.1 Å². The Morgan fingerprint density at radius 1 is 1.00 bits per heavy atom. The van der Waals surface area contributed by atoms with E-state index in [0.717, 1.165) is 0 Å². The molecule has 1 aromatic heterocycles. The van der Waals surface area contributed by atoms with Crippen LogP contribution in [0.2, 0.25) is 0 Å². The molecule has 0 atom stereocenters. The molecule has 0 bridgehead atoms. The van der Waals surface area contributed by atoms with Crippen LogP contribution in [0.1, 0.15) is 0 Å². The van der Waals surface area contributed by atoms with E-state index >= 15 is 0 Å². The van der Waals surface area contributed by atoms with Gasteiger partial charge in [0.25, 0.3) is 0 Å². The molecule has 1 aliphatic rings. The van der Waals surface area contributed by atoms with Gasteiger partial charge in [-0.15, -0.1) is 0 Å². The Bertz CT molecular complexity index is 439. The first-order valence-corrected chi connectivity index (χ1v) is 5.89. The fraction of sp³-hybridized carbons (Fsp3) is 0.556. The molecule has 0 aliphatic carbocycles. The molecule has 0 aromatic carbocycles. The number of aliphatic hydroxyl groups excluding tert-OH is 3. The number of anilines is 3. The Labute approximate surface area is 120 Å². The summed E-state index contributed by atoms with van der Waals surface area (Å²) in [6.45, 7) is 0.180. The minimum absolute atomic E-state index is 0.0217. The van der Waals surface area contributed by atoms with Crippen molar-refractivity contribution in [2.24, 2.45) is 0 Å². The standard InChI is InChI=1S/C5H10N2O3.C4H8N6O/c8-3-6-1-2-7(4-9)5(6)10;5-2-8-3(6)10-4(9-2)7-1-11/h8-9H,1-4H2;11H,1H2,(H5,5,6,7,8,9,10). The highest BCUT2D eigenvalue weighted by molar-refractivity contribution is 5.76. The van der Waals surface area contributed by atoms with Crippen LogP contribution in [0.3, 0.4) is 0 Å². The maximum atomic E-state index is 10.9. The molecule has 0 radical (unpaired) electrons. The van der Waals surface area contributed by atoms with Crippen LogP contribution in [0.15, 0.2) is 0 Å². The highest BCUT2D eigenvalue weighted by atomic mass is 16.3. The topological polar surface area (TPSA) is 187 Å². The summed E-state index contributed by atoms with van der Waals surface area (Å²) in [6.07, 6.45) is 0. The molecule has 12 nitrogen and oxygen atoms in total. The fourth-order valence-corrected chi connectivity index (χ4v) is 1.45. The van der Waals surface area contributed by atoms with Crippen LogP contribution in [0, 0.1) is 0 Å². The summed E-state index contributed by atoms with van der Waals surface area (Å²) in [4.78, 5) is 24.2. The van der Waals surface area contributed by atoms with Gasteiger partial charge in [-0.3, -0.25) is 9.80 Å². The molecule has 0 saturated carbocycles. The third kappa shape index (κ3) is 4.87. The highest BCUT2D eigenvalue weighted by Gasteiger charge is 2.26. The quantitative estimate of drug-likeness (QED) is 0.313. The number of aromatic nitrogens is 3. The molecule has 2 rings (SSSR count). The van der Waals surface area contributed by atoms with E-state index in [4.69, 9.17) is 26.8 Å². The zero-order chi connectivity index (χ0) is 15.8. The molecule has 21 heavy (non-hydrogen) atoms. The smallest absolute Gasteiger partial charge is 0.323 e. The maximum Gasteiger partial charge on any atom is 0.323 e. The molecule has 118 valence electrons. The Morgan fingerprint density at radius 3 is 1.81 bits per heavy atom. The summed E-state index contributed by atoms with van der Waals surface area (Å²) in [5.74, 6) is 0.208. The first kappa shape index (κ1) is 16.6. The number of carbonyl (C=O) groups excluding carboxylic acids is 1. The highest BCUT2D eigenvalue weighted by Crippen LogP contribution is 2.05. The summed E-state index contributed by atoms with van der Waals surface area (Å²) in [5.41, 5.74) is 10.5. The lowest BCUT2D eigenvalue weighted by Gasteiger charge is -2.13. The summed E-state index contributed by atoms with van der Waals surface area (Å²) in [7, 11) is 0. The van der Waals surface area contributed by atoms with E-state index in [9.17, 15) is 4.79 Å². The Hall–Kier alpha value is -2.44. The van der Waals surface area contributed by atoms with Crippen molar-refractivity contribution in [3.8, 4) is 0 Å². The number of amides is 2. The second kappa shape index (κ2) is 7.98. The lowest BCUT2D eigenvalue weighted by atomic mass is 10.6. The SMILES string of the molecule is Nc1nc(N)nc(NCO)n1.O=C1N(CO)CCN1CO.